The van der Waals surface area contributed by atoms with Gasteiger partial charge in [-0.15, -0.1) is 0 Å². The lowest BCUT2D eigenvalue weighted by molar-refractivity contribution is -0.118. The molecule has 0 amide bonds. The Balaban J connectivity index is 2.03. The van der Waals surface area contributed by atoms with Crippen LogP contribution in [0.1, 0.15) is 32.4 Å². The molecular weight excluding hydrogens is 236 g/mol. The number of para-hydroxylation sites is 1. The van der Waals surface area contributed by atoms with Gasteiger partial charge in [-0.05, 0) is 32.4 Å². The van der Waals surface area contributed by atoms with E-state index in [2.05, 4.69) is 4.98 Å². The Morgan fingerprint density at radius 1 is 1.21 bits per heavy atom. The number of pyridine rings is 1. The maximum absolute atomic E-state index is 11.9. The maximum Gasteiger partial charge on any atom is 0.138 e. The van der Waals surface area contributed by atoms with Crippen molar-refractivity contribution < 1.29 is 4.79 Å². The van der Waals surface area contributed by atoms with E-state index in [1.165, 1.54) is 0 Å². The molecule has 1 heterocycles. The molecule has 0 aliphatic rings. The van der Waals surface area contributed by atoms with Gasteiger partial charge in [0.2, 0.25) is 0 Å². The highest BCUT2D eigenvalue weighted by molar-refractivity contribution is 5.82. The largest absolute Gasteiger partial charge is 0.326 e. The highest BCUT2D eigenvalue weighted by Crippen LogP contribution is 2.14. The van der Waals surface area contributed by atoms with Crippen molar-refractivity contribution in [3.05, 3.63) is 42.1 Å². The van der Waals surface area contributed by atoms with Crippen molar-refractivity contribution in [2.75, 3.05) is 0 Å². The second-order valence-corrected chi connectivity index (χ2v) is 5.70. The normalized spacial score (nSPS) is 11.7. The Bertz CT molecular complexity index is 585. The monoisotopic (exact) mass is 256 g/mol. The lowest BCUT2D eigenvalue weighted by Gasteiger charge is -2.17. The minimum absolute atomic E-state index is 0.196. The van der Waals surface area contributed by atoms with E-state index in [4.69, 9.17) is 5.73 Å². The van der Waals surface area contributed by atoms with E-state index in [0.717, 1.165) is 16.6 Å². The highest BCUT2D eigenvalue weighted by Gasteiger charge is 2.14. The van der Waals surface area contributed by atoms with Crippen molar-refractivity contribution in [1.82, 2.24) is 4.98 Å². The number of rotatable bonds is 5. The molecule has 0 aliphatic carbocycles. The number of hydrogen-bond donors (Lipinski definition) is 1. The summed E-state index contributed by atoms with van der Waals surface area (Å²) in [5.74, 6) is 0.196. The molecule has 2 N–H and O–H groups in total. The average Bonchev–Trinajstić information content (AvgIpc) is 2.35. The van der Waals surface area contributed by atoms with Crippen molar-refractivity contribution in [3.63, 3.8) is 0 Å². The molecule has 1 aromatic heterocycles. The molecule has 100 valence electrons. The lowest BCUT2D eigenvalue weighted by Crippen LogP contribution is -2.32. The number of fused-ring (bicyclic) bond motifs is 1. The molecule has 0 saturated heterocycles. The number of carbonyl (C=O) groups excluding carboxylic acids is 1. The minimum Gasteiger partial charge on any atom is -0.326 e. The van der Waals surface area contributed by atoms with E-state index in [1.54, 1.807) is 0 Å². The summed E-state index contributed by atoms with van der Waals surface area (Å²) in [6, 6.07) is 11.9. The van der Waals surface area contributed by atoms with Gasteiger partial charge in [0.05, 0.1) is 5.52 Å². The van der Waals surface area contributed by atoms with Gasteiger partial charge in [-0.1, -0.05) is 24.3 Å². The van der Waals surface area contributed by atoms with E-state index >= 15 is 0 Å². The third-order valence-corrected chi connectivity index (χ3v) is 3.08. The number of aromatic nitrogens is 1. The van der Waals surface area contributed by atoms with E-state index in [0.29, 0.717) is 19.3 Å². The Hall–Kier alpha value is -1.74. The lowest BCUT2D eigenvalue weighted by atomic mass is 9.97. The van der Waals surface area contributed by atoms with Crippen LogP contribution in [0, 0.1) is 0 Å². The van der Waals surface area contributed by atoms with Crippen LogP contribution in [0.25, 0.3) is 10.9 Å². The summed E-state index contributed by atoms with van der Waals surface area (Å²) >= 11 is 0. The second-order valence-electron chi connectivity index (χ2n) is 5.70. The summed E-state index contributed by atoms with van der Waals surface area (Å²) in [4.78, 5) is 16.4. The van der Waals surface area contributed by atoms with Crippen LogP contribution < -0.4 is 5.73 Å². The molecule has 0 unspecified atom stereocenters. The van der Waals surface area contributed by atoms with Gasteiger partial charge in [0.15, 0.2) is 0 Å². The zero-order valence-corrected chi connectivity index (χ0v) is 11.5. The summed E-state index contributed by atoms with van der Waals surface area (Å²) in [5, 5.41) is 1.10. The summed E-state index contributed by atoms with van der Waals surface area (Å²) < 4.78 is 0. The molecule has 0 aliphatic heterocycles. The number of nitrogens with zero attached hydrogens (tertiary/aromatic N) is 1. The molecule has 0 fully saturated rings. The average molecular weight is 256 g/mol. The van der Waals surface area contributed by atoms with Crippen LogP contribution in [0.5, 0.6) is 0 Å². The molecular formula is C16H20N2O. The fourth-order valence-corrected chi connectivity index (χ4v) is 1.96. The molecule has 2 rings (SSSR count). The number of nitrogens with two attached hydrogens (primary N) is 1. The fourth-order valence-electron chi connectivity index (χ4n) is 1.96. The van der Waals surface area contributed by atoms with Crippen LogP contribution in [0.3, 0.4) is 0 Å². The summed E-state index contributed by atoms with van der Waals surface area (Å²) in [6.07, 6.45) is 1.61. The Kier molecular flexibility index (Phi) is 3.96. The third kappa shape index (κ3) is 4.14. The van der Waals surface area contributed by atoms with Gasteiger partial charge < -0.3 is 5.73 Å². The van der Waals surface area contributed by atoms with Crippen LogP contribution >= 0.6 is 0 Å². The van der Waals surface area contributed by atoms with Gasteiger partial charge in [0.25, 0.3) is 0 Å². The highest BCUT2D eigenvalue weighted by atomic mass is 16.1. The molecule has 0 saturated carbocycles. The van der Waals surface area contributed by atoms with Gasteiger partial charge in [-0.25, -0.2) is 0 Å². The first-order valence-electron chi connectivity index (χ1n) is 6.59. The number of benzene rings is 1. The Morgan fingerprint density at radius 2 is 1.95 bits per heavy atom. The van der Waals surface area contributed by atoms with Crippen molar-refractivity contribution in [3.8, 4) is 0 Å². The first kappa shape index (κ1) is 13.7. The molecule has 0 radical (unpaired) electrons. The van der Waals surface area contributed by atoms with Crippen LogP contribution in [0.15, 0.2) is 36.4 Å². The summed E-state index contributed by atoms with van der Waals surface area (Å²) in [5.41, 5.74) is 7.37. The smallest absolute Gasteiger partial charge is 0.138 e. The van der Waals surface area contributed by atoms with Crippen LogP contribution in [-0.2, 0) is 11.2 Å². The molecule has 0 atom stereocenters. The SMILES string of the molecule is CC(C)(N)CCC(=O)Cc1ccc2ccccc2n1. The molecule has 3 nitrogen and oxygen atoms in total. The quantitative estimate of drug-likeness (QED) is 0.895. The number of ketones is 1. The minimum atomic E-state index is -0.285. The molecule has 1 aromatic carbocycles. The van der Waals surface area contributed by atoms with Crippen molar-refractivity contribution in [1.29, 1.82) is 0 Å². The van der Waals surface area contributed by atoms with Gasteiger partial charge in [0.1, 0.15) is 5.78 Å². The molecule has 3 heteroatoms. The van der Waals surface area contributed by atoms with Crippen LogP contribution in [0.2, 0.25) is 0 Å². The first-order valence-corrected chi connectivity index (χ1v) is 6.59. The predicted molar refractivity (Wildman–Crippen MR) is 78.0 cm³/mol. The molecule has 2 aromatic rings. The summed E-state index contributed by atoms with van der Waals surface area (Å²) in [7, 11) is 0. The van der Waals surface area contributed by atoms with E-state index in [1.807, 2.05) is 50.2 Å². The summed E-state index contributed by atoms with van der Waals surface area (Å²) in [6.45, 7) is 3.88. The van der Waals surface area contributed by atoms with E-state index in [9.17, 15) is 4.79 Å². The topological polar surface area (TPSA) is 56.0 Å². The molecule has 0 spiro atoms. The standard InChI is InChI=1S/C16H20N2O/c1-16(2,17)10-9-14(19)11-13-8-7-12-5-3-4-6-15(12)18-13/h3-8H,9-11,17H2,1-2H3. The van der Waals surface area contributed by atoms with E-state index < -0.39 is 0 Å². The van der Waals surface area contributed by atoms with Gasteiger partial charge in [-0.2, -0.15) is 0 Å². The van der Waals surface area contributed by atoms with E-state index in [-0.39, 0.29) is 11.3 Å². The number of hydrogen-bond acceptors (Lipinski definition) is 3. The Labute approximate surface area is 113 Å². The Morgan fingerprint density at radius 3 is 2.68 bits per heavy atom. The molecule has 0 bridgehead atoms. The second kappa shape index (κ2) is 5.49. The van der Waals surface area contributed by atoms with Gasteiger partial charge in [0, 0.05) is 29.5 Å². The fraction of sp³-hybridized carbons (Fsp3) is 0.375. The van der Waals surface area contributed by atoms with Gasteiger partial charge >= 0.3 is 0 Å². The van der Waals surface area contributed by atoms with Crippen molar-refractivity contribution in [2.45, 2.75) is 38.6 Å². The zero-order chi connectivity index (χ0) is 13.9. The molecule has 19 heavy (non-hydrogen) atoms. The number of carbonyl (C=O) groups is 1. The van der Waals surface area contributed by atoms with Gasteiger partial charge in [-0.3, -0.25) is 9.78 Å². The van der Waals surface area contributed by atoms with Crippen molar-refractivity contribution in [2.24, 2.45) is 5.73 Å². The first-order chi connectivity index (χ1) is 8.94. The third-order valence-electron chi connectivity index (χ3n) is 3.08. The van der Waals surface area contributed by atoms with Crippen LogP contribution in [-0.4, -0.2) is 16.3 Å². The maximum atomic E-state index is 11.9. The van der Waals surface area contributed by atoms with Crippen LogP contribution in [0.4, 0.5) is 0 Å². The zero-order valence-electron chi connectivity index (χ0n) is 11.5. The predicted octanol–water partition coefficient (Wildman–Crippen LogP) is 2.86. The van der Waals surface area contributed by atoms with Crippen molar-refractivity contribution >= 4 is 16.7 Å². The number of Topliss-reactive ketones (excluding diaryl/α,β-unsaturated/α-hetero) is 1.